The van der Waals surface area contributed by atoms with Crippen LogP contribution in [-0.2, 0) is 22.9 Å². The van der Waals surface area contributed by atoms with Crippen molar-refractivity contribution in [2.75, 3.05) is 6.54 Å². The number of hydrogen-bond acceptors (Lipinski definition) is 2. The Morgan fingerprint density at radius 3 is 2.77 bits per heavy atom. The van der Waals surface area contributed by atoms with Crippen molar-refractivity contribution < 1.29 is 8.42 Å². The van der Waals surface area contributed by atoms with Crippen LogP contribution in [-0.4, -0.2) is 19.9 Å². The lowest BCUT2D eigenvalue weighted by molar-refractivity contribution is 0.551. The fourth-order valence-corrected chi connectivity index (χ4v) is 4.19. The molecule has 3 rings (SSSR count). The molecule has 1 heterocycles. The van der Waals surface area contributed by atoms with Crippen LogP contribution in [0.15, 0.2) is 23.1 Å². The molecular formula is C17H24N2O2S. The Morgan fingerprint density at radius 1 is 1.23 bits per heavy atom. The van der Waals surface area contributed by atoms with E-state index in [0.29, 0.717) is 17.4 Å². The summed E-state index contributed by atoms with van der Waals surface area (Å²) >= 11 is 0. The highest BCUT2D eigenvalue weighted by atomic mass is 32.2. The van der Waals surface area contributed by atoms with Gasteiger partial charge in [-0.3, -0.25) is 0 Å². The minimum absolute atomic E-state index is 0.371. The molecule has 5 heteroatoms. The molecule has 0 saturated carbocycles. The van der Waals surface area contributed by atoms with Gasteiger partial charge in [0, 0.05) is 23.1 Å². The van der Waals surface area contributed by atoms with E-state index in [2.05, 4.69) is 23.6 Å². The van der Waals surface area contributed by atoms with Crippen LogP contribution in [0.25, 0.3) is 10.9 Å². The maximum Gasteiger partial charge on any atom is 0.240 e. The summed E-state index contributed by atoms with van der Waals surface area (Å²) < 4.78 is 27.6. The van der Waals surface area contributed by atoms with Crippen molar-refractivity contribution in [2.45, 2.75) is 50.8 Å². The Hall–Kier alpha value is -1.33. The zero-order chi connectivity index (χ0) is 15.7. The highest BCUT2D eigenvalue weighted by Gasteiger charge is 2.19. The molecule has 0 spiro atoms. The topological polar surface area (TPSA) is 62.0 Å². The molecule has 4 nitrogen and oxygen atoms in total. The number of H-pyrrole nitrogens is 1. The highest BCUT2D eigenvalue weighted by molar-refractivity contribution is 7.89. The predicted molar refractivity (Wildman–Crippen MR) is 89.6 cm³/mol. The van der Waals surface area contributed by atoms with Gasteiger partial charge in [0.2, 0.25) is 10.0 Å². The van der Waals surface area contributed by atoms with Gasteiger partial charge in [0.1, 0.15) is 0 Å². The molecular weight excluding hydrogens is 296 g/mol. The molecule has 0 amide bonds. The molecule has 1 aliphatic rings. The van der Waals surface area contributed by atoms with E-state index in [1.165, 1.54) is 24.1 Å². The van der Waals surface area contributed by atoms with Crippen LogP contribution >= 0.6 is 0 Å². The lowest BCUT2D eigenvalue weighted by atomic mass is 9.96. The predicted octanol–water partition coefficient (Wildman–Crippen LogP) is 3.37. The van der Waals surface area contributed by atoms with Gasteiger partial charge in [-0.15, -0.1) is 0 Å². The first-order chi connectivity index (χ1) is 10.5. The van der Waals surface area contributed by atoms with Crippen LogP contribution in [0.2, 0.25) is 0 Å². The quantitative estimate of drug-likeness (QED) is 0.887. The van der Waals surface area contributed by atoms with Gasteiger partial charge in [0.05, 0.1) is 4.90 Å². The molecule has 0 atom stereocenters. The smallest absolute Gasteiger partial charge is 0.240 e. The van der Waals surface area contributed by atoms with Crippen molar-refractivity contribution in [3.8, 4) is 0 Å². The summed E-state index contributed by atoms with van der Waals surface area (Å²) in [6, 6.07) is 5.42. The van der Waals surface area contributed by atoms with Crippen molar-refractivity contribution >= 4 is 20.9 Å². The second-order valence-electron chi connectivity index (χ2n) is 6.58. The van der Waals surface area contributed by atoms with E-state index in [0.717, 1.165) is 30.2 Å². The van der Waals surface area contributed by atoms with Crippen molar-refractivity contribution in [1.82, 2.24) is 9.71 Å². The van der Waals surface area contributed by atoms with E-state index < -0.39 is 10.0 Å². The number of rotatable bonds is 5. The molecule has 22 heavy (non-hydrogen) atoms. The molecule has 1 aromatic heterocycles. The molecule has 0 radical (unpaired) electrons. The van der Waals surface area contributed by atoms with Crippen LogP contribution in [0.1, 0.15) is 44.4 Å². The number of aromatic amines is 1. The molecule has 1 aromatic carbocycles. The van der Waals surface area contributed by atoms with E-state index in [9.17, 15) is 8.42 Å². The van der Waals surface area contributed by atoms with Crippen molar-refractivity contribution in [2.24, 2.45) is 5.92 Å². The molecule has 0 unspecified atom stereocenters. The average Bonchev–Trinajstić information content (AvgIpc) is 2.84. The molecule has 0 saturated heterocycles. The summed E-state index contributed by atoms with van der Waals surface area (Å²) in [4.78, 5) is 3.81. The summed E-state index contributed by atoms with van der Waals surface area (Å²) in [7, 11) is -3.42. The third-order valence-electron chi connectivity index (χ3n) is 4.39. The Bertz CT molecular complexity index is 775. The highest BCUT2D eigenvalue weighted by Crippen LogP contribution is 2.30. The van der Waals surface area contributed by atoms with E-state index in [1.54, 1.807) is 6.07 Å². The largest absolute Gasteiger partial charge is 0.358 e. The Morgan fingerprint density at radius 2 is 2.00 bits per heavy atom. The van der Waals surface area contributed by atoms with Crippen molar-refractivity contribution in [3.63, 3.8) is 0 Å². The number of nitrogens with one attached hydrogen (secondary N) is 2. The zero-order valence-electron chi connectivity index (χ0n) is 13.3. The van der Waals surface area contributed by atoms with Crippen LogP contribution in [0.3, 0.4) is 0 Å². The molecule has 0 bridgehead atoms. The van der Waals surface area contributed by atoms with Gasteiger partial charge in [0.25, 0.3) is 0 Å². The summed E-state index contributed by atoms with van der Waals surface area (Å²) in [5.74, 6) is 0.488. The van der Waals surface area contributed by atoms with Gasteiger partial charge in [-0.2, -0.15) is 0 Å². The SMILES string of the molecule is CC(C)CCNS(=O)(=O)c1ccc2[nH]c3c(c2c1)CCCC3. The molecule has 2 N–H and O–H groups in total. The molecule has 0 fully saturated rings. The summed E-state index contributed by atoms with van der Waals surface area (Å²) in [5, 5.41) is 1.07. The van der Waals surface area contributed by atoms with E-state index in [1.807, 2.05) is 12.1 Å². The molecule has 1 aliphatic carbocycles. The Labute approximate surface area is 132 Å². The number of fused-ring (bicyclic) bond motifs is 3. The second-order valence-corrected chi connectivity index (χ2v) is 8.34. The van der Waals surface area contributed by atoms with Crippen molar-refractivity contribution in [1.29, 1.82) is 0 Å². The number of benzene rings is 1. The third kappa shape index (κ3) is 3.06. The van der Waals surface area contributed by atoms with Gasteiger partial charge in [-0.05, 0) is 61.8 Å². The minimum atomic E-state index is -3.42. The zero-order valence-corrected chi connectivity index (χ0v) is 14.1. The van der Waals surface area contributed by atoms with E-state index >= 15 is 0 Å². The summed E-state index contributed by atoms with van der Waals surface area (Å²) in [5.41, 5.74) is 3.64. The van der Waals surface area contributed by atoms with Crippen LogP contribution in [0.5, 0.6) is 0 Å². The normalized spacial score (nSPS) is 15.4. The minimum Gasteiger partial charge on any atom is -0.358 e. The average molecular weight is 320 g/mol. The third-order valence-corrected chi connectivity index (χ3v) is 5.85. The standard InChI is InChI=1S/C17H24N2O2S/c1-12(2)9-10-18-22(20,21)13-7-8-17-15(11-13)14-5-3-4-6-16(14)19-17/h7-8,11-12,18-19H,3-6,9-10H2,1-2H3. The number of sulfonamides is 1. The summed E-state index contributed by atoms with van der Waals surface area (Å²) in [6.45, 7) is 4.67. The summed E-state index contributed by atoms with van der Waals surface area (Å²) in [6.07, 6.45) is 5.35. The lowest BCUT2D eigenvalue weighted by Gasteiger charge is -2.11. The van der Waals surface area contributed by atoms with Gasteiger partial charge in [-0.1, -0.05) is 13.8 Å². The first kappa shape index (κ1) is 15.6. The molecule has 0 aliphatic heterocycles. The van der Waals surface area contributed by atoms with Gasteiger partial charge >= 0.3 is 0 Å². The first-order valence-corrected chi connectivity index (χ1v) is 9.59. The van der Waals surface area contributed by atoms with Gasteiger partial charge in [-0.25, -0.2) is 13.1 Å². The van der Waals surface area contributed by atoms with Crippen molar-refractivity contribution in [3.05, 3.63) is 29.5 Å². The van der Waals surface area contributed by atoms with Crippen LogP contribution < -0.4 is 4.72 Å². The fourth-order valence-electron chi connectivity index (χ4n) is 3.12. The second kappa shape index (κ2) is 6.05. The first-order valence-electron chi connectivity index (χ1n) is 8.10. The molecule has 120 valence electrons. The van der Waals surface area contributed by atoms with E-state index in [4.69, 9.17) is 0 Å². The van der Waals surface area contributed by atoms with E-state index in [-0.39, 0.29) is 0 Å². The maximum absolute atomic E-state index is 12.4. The fraction of sp³-hybridized carbons (Fsp3) is 0.529. The number of aromatic nitrogens is 1. The van der Waals surface area contributed by atoms with Crippen LogP contribution in [0.4, 0.5) is 0 Å². The van der Waals surface area contributed by atoms with Gasteiger partial charge < -0.3 is 4.98 Å². The Balaban J connectivity index is 1.91. The number of aryl methyl sites for hydroxylation is 2. The van der Waals surface area contributed by atoms with Gasteiger partial charge in [0.15, 0.2) is 0 Å². The Kier molecular flexibility index (Phi) is 4.28. The lowest BCUT2D eigenvalue weighted by Crippen LogP contribution is -2.25. The molecule has 2 aromatic rings. The number of hydrogen-bond donors (Lipinski definition) is 2. The monoisotopic (exact) mass is 320 g/mol. The van der Waals surface area contributed by atoms with Crippen LogP contribution in [0, 0.1) is 5.92 Å². The maximum atomic E-state index is 12.4.